The number of rotatable bonds is 7. The maximum absolute atomic E-state index is 6.01. The van der Waals surface area contributed by atoms with E-state index in [2.05, 4.69) is 69.6 Å². The van der Waals surface area contributed by atoms with E-state index in [1.54, 1.807) is 0 Å². The smallest absolute Gasteiger partial charge is 0.121 e. The van der Waals surface area contributed by atoms with E-state index >= 15 is 0 Å². The van der Waals surface area contributed by atoms with E-state index in [9.17, 15) is 0 Å². The first kappa shape index (κ1) is 18.6. The van der Waals surface area contributed by atoms with Crippen LogP contribution in [-0.4, -0.2) is 42.1 Å². The van der Waals surface area contributed by atoms with Crippen molar-refractivity contribution >= 4 is 5.69 Å². The number of nitrogens with zero attached hydrogens (tertiary/aromatic N) is 3. The molecule has 0 amide bonds. The average Bonchev–Trinajstić information content (AvgIpc) is 3.42. The van der Waals surface area contributed by atoms with E-state index in [1.807, 2.05) is 12.1 Å². The van der Waals surface area contributed by atoms with Crippen molar-refractivity contribution in [2.45, 2.75) is 38.3 Å². The highest BCUT2D eigenvalue weighted by Crippen LogP contribution is 2.35. The van der Waals surface area contributed by atoms with Crippen molar-refractivity contribution in [1.82, 2.24) is 9.80 Å². The Morgan fingerprint density at radius 1 is 0.897 bits per heavy atom. The summed E-state index contributed by atoms with van der Waals surface area (Å²) in [6.07, 6.45) is 9.96. The molecule has 4 nitrogen and oxygen atoms in total. The number of likely N-dealkylation sites (tertiary alicyclic amines) is 1. The number of hydrogen-bond acceptors (Lipinski definition) is 4. The largest absolute Gasteiger partial charge is 0.489 e. The number of hydrogen-bond donors (Lipinski definition) is 0. The Morgan fingerprint density at radius 2 is 1.72 bits per heavy atom. The molecule has 2 aromatic carbocycles. The molecule has 29 heavy (non-hydrogen) atoms. The molecule has 0 atom stereocenters. The summed E-state index contributed by atoms with van der Waals surface area (Å²) in [6.45, 7) is 5.51. The summed E-state index contributed by atoms with van der Waals surface area (Å²) in [7, 11) is 0. The molecule has 0 bridgehead atoms. The fourth-order valence-corrected chi connectivity index (χ4v) is 4.78. The van der Waals surface area contributed by atoms with Crippen LogP contribution in [0.3, 0.4) is 0 Å². The van der Waals surface area contributed by atoms with Gasteiger partial charge in [0, 0.05) is 36.7 Å². The fourth-order valence-electron chi connectivity index (χ4n) is 4.78. The third-order valence-corrected chi connectivity index (χ3v) is 6.55. The molecule has 0 spiro atoms. The molecule has 1 aliphatic carbocycles. The molecule has 0 N–H and O–H groups in total. The maximum Gasteiger partial charge on any atom is 0.121 e. The van der Waals surface area contributed by atoms with Crippen molar-refractivity contribution in [3.8, 4) is 5.75 Å². The van der Waals surface area contributed by atoms with E-state index in [0.29, 0.717) is 12.6 Å². The van der Waals surface area contributed by atoms with Gasteiger partial charge in [0.1, 0.15) is 12.4 Å². The predicted octanol–water partition coefficient (Wildman–Crippen LogP) is 4.69. The minimum absolute atomic E-state index is 0.604. The Kier molecular flexibility index (Phi) is 5.44. The van der Waals surface area contributed by atoms with Crippen molar-refractivity contribution in [2.24, 2.45) is 5.92 Å². The van der Waals surface area contributed by atoms with Crippen LogP contribution in [0.15, 0.2) is 67.0 Å². The quantitative estimate of drug-likeness (QED) is 0.684. The topological polar surface area (TPSA) is 19.0 Å². The summed E-state index contributed by atoms with van der Waals surface area (Å²) in [5.74, 6) is 1.82. The van der Waals surface area contributed by atoms with E-state index in [-0.39, 0.29) is 0 Å². The Balaban J connectivity index is 1.11. The Hall–Kier alpha value is -2.46. The van der Waals surface area contributed by atoms with Gasteiger partial charge in [0.25, 0.3) is 0 Å². The van der Waals surface area contributed by atoms with Gasteiger partial charge in [0.05, 0.1) is 6.67 Å². The highest BCUT2D eigenvalue weighted by molar-refractivity contribution is 5.54. The molecule has 2 aliphatic heterocycles. The number of ether oxygens (including phenoxy) is 1. The first-order valence-corrected chi connectivity index (χ1v) is 11.0. The normalized spacial score (nSPS) is 24.1. The molecule has 1 saturated carbocycles. The van der Waals surface area contributed by atoms with Crippen molar-refractivity contribution < 1.29 is 4.74 Å². The number of anilines is 1. The van der Waals surface area contributed by atoms with Gasteiger partial charge >= 0.3 is 0 Å². The summed E-state index contributed by atoms with van der Waals surface area (Å²) in [4.78, 5) is 7.50. The molecule has 1 saturated heterocycles. The first-order valence-electron chi connectivity index (χ1n) is 11.0. The lowest BCUT2D eigenvalue weighted by molar-refractivity contribution is 0.0981. The molecule has 2 aromatic rings. The van der Waals surface area contributed by atoms with Crippen LogP contribution in [0.4, 0.5) is 5.69 Å². The van der Waals surface area contributed by atoms with Crippen LogP contribution >= 0.6 is 0 Å². The first-order chi connectivity index (χ1) is 14.3. The highest BCUT2D eigenvalue weighted by atomic mass is 16.5. The van der Waals surface area contributed by atoms with Gasteiger partial charge in [-0.25, -0.2) is 0 Å². The standard InChI is InChI=1S/C25H31N3O/c1-2-7-21(8-3-1)19-29-25-10-6-9-23(17-25)27-13-14-28(20-27)24-15-22(16-24)18-26-11-4-5-12-26/h1-3,6-10,13-14,17,22,24H,4-5,11-12,15-16,18-20H2. The van der Waals surface area contributed by atoms with E-state index < -0.39 is 0 Å². The van der Waals surface area contributed by atoms with E-state index in [4.69, 9.17) is 4.74 Å². The van der Waals surface area contributed by atoms with E-state index in [0.717, 1.165) is 18.3 Å². The van der Waals surface area contributed by atoms with Gasteiger partial charge in [-0.15, -0.1) is 0 Å². The van der Waals surface area contributed by atoms with Crippen LogP contribution in [0, 0.1) is 5.92 Å². The lowest BCUT2D eigenvalue weighted by atomic mass is 9.79. The van der Waals surface area contributed by atoms with Crippen molar-refractivity contribution in [1.29, 1.82) is 0 Å². The second-order valence-electron chi connectivity index (χ2n) is 8.69. The van der Waals surface area contributed by atoms with Crippen molar-refractivity contribution in [2.75, 3.05) is 31.2 Å². The minimum Gasteiger partial charge on any atom is -0.489 e. The molecule has 0 unspecified atom stereocenters. The lowest BCUT2D eigenvalue weighted by Gasteiger charge is -2.43. The van der Waals surface area contributed by atoms with Gasteiger partial charge < -0.3 is 19.4 Å². The third kappa shape index (κ3) is 4.43. The molecule has 152 valence electrons. The summed E-state index contributed by atoms with van der Waals surface area (Å²) < 4.78 is 6.01. The van der Waals surface area contributed by atoms with Gasteiger partial charge in [-0.05, 0) is 62.4 Å². The van der Waals surface area contributed by atoms with Gasteiger partial charge in [0.2, 0.25) is 0 Å². The summed E-state index contributed by atoms with van der Waals surface area (Å²) >= 11 is 0. The van der Waals surface area contributed by atoms with Gasteiger partial charge in [0.15, 0.2) is 0 Å². The predicted molar refractivity (Wildman–Crippen MR) is 118 cm³/mol. The van der Waals surface area contributed by atoms with Gasteiger partial charge in [-0.2, -0.15) is 0 Å². The second-order valence-corrected chi connectivity index (χ2v) is 8.69. The van der Waals surface area contributed by atoms with Gasteiger partial charge in [-0.1, -0.05) is 36.4 Å². The zero-order valence-corrected chi connectivity index (χ0v) is 17.1. The average molecular weight is 390 g/mol. The summed E-state index contributed by atoms with van der Waals surface area (Å²) in [5, 5.41) is 0. The van der Waals surface area contributed by atoms with Crippen LogP contribution in [-0.2, 0) is 6.61 Å². The molecule has 2 heterocycles. The van der Waals surface area contributed by atoms with Crippen LogP contribution in [0.2, 0.25) is 0 Å². The molecule has 5 rings (SSSR count). The van der Waals surface area contributed by atoms with Crippen LogP contribution in [0.1, 0.15) is 31.2 Å². The Morgan fingerprint density at radius 3 is 2.55 bits per heavy atom. The monoisotopic (exact) mass is 389 g/mol. The minimum atomic E-state index is 0.604. The Bertz CT molecular complexity index is 825. The molecular formula is C25H31N3O. The summed E-state index contributed by atoms with van der Waals surface area (Å²) in [6, 6.07) is 19.5. The lowest BCUT2D eigenvalue weighted by Crippen LogP contribution is -2.46. The highest BCUT2D eigenvalue weighted by Gasteiger charge is 2.35. The Labute approximate surface area is 174 Å². The molecule has 0 radical (unpaired) electrons. The zero-order chi connectivity index (χ0) is 19.5. The maximum atomic E-state index is 6.01. The number of benzene rings is 2. The van der Waals surface area contributed by atoms with Crippen LogP contribution in [0.25, 0.3) is 0 Å². The van der Waals surface area contributed by atoms with Crippen LogP contribution in [0.5, 0.6) is 5.75 Å². The van der Waals surface area contributed by atoms with Gasteiger partial charge in [-0.3, -0.25) is 0 Å². The van der Waals surface area contributed by atoms with Crippen LogP contribution < -0.4 is 9.64 Å². The summed E-state index contributed by atoms with van der Waals surface area (Å²) in [5.41, 5.74) is 2.39. The fraction of sp³-hybridized carbons (Fsp3) is 0.440. The third-order valence-electron chi connectivity index (χ3n) is 6.55. The van der Waals surface area contributed by atoms with E-state index in [1.165, 1.54) is 56.6 Å². The molecular weight excluding hydrogens is 358 g/mol. The second kappa shape index (κ2) is 8.50. The molecule has 4 heteroatoms. The molecule has 0 aromatic heterocycles. The van der Waals surface area contributed by atoms with Crippen molar-refractivity contribution in [3.05, 3.63) is 72.6 Å². The zero-order valence-electron chi connectivity index (χ0n) is 17.1. The molecule has 2 fully saturated rings. The SMILES string of the molecule is C1=CN(C2CC(CN3CCCC3)C2)CN1c1cccc(OCc2ccccc2)c1. The molecule has 3 aliphatic rings. The van der Waals surface area contributed by atoms with Crippen molar-refractivity contribution in [3.63, 3.8) is 0 Å².